The van der Waals surface area contributed by atoms with E-state index >= 15 is 0 Å². The van der Waals surface area contributed by atoms with Crippen LogP contribution in [0.3, 0.4) is 0 Å². The van der Waals surface area contributed by atoms with Gasteiger partial charge < -0.3 is 20.1 Å². The average Bonchev–Trinajstić information content (AvgIpc) is 3.12. The molecule has 3 aromatic rings. The third kappa shape index (κ3) is 7.49. The zero-order chi connectivity index (χ0) is 22.1. The Bertz CT molecular complexity index is 1000. The Morgan fingerprint density at radius 2 is 1.97 bits per heavy atom. The number of halogens is 1. The second-order valence-corrected chi connectivity index (χ2v) is 7.14. The van der Waals surface area contributed by atoms with Crippen molar-refractivity contribution in [3.05, 3.63) is 65.6 Å². The van der Waals surface area contributed by atoms with Crippen LogP contribution in [0.25, 0.3) is 5.82 Å². The van der Waals surface area contributed by atoms with Crippen LogP contribution in [0.4, 0.5) is 5.69 Å². The molecule has 0 saturated heterocycles. The summed E-state index contributed by atoms with van der Waals surface area (Å²) in [5.74, 6) is 2.28. The average molecular weight is 550 g/mol. The first-order valence-electron chi connectivity index (χ1n) is 10.3. The first-order valence-corrected chi connectivity index (χ1v) is 10.3. The summed E-state index contributed by atoms with van der Waals surface area (Å²) in [7, 11) is 3.43. The topological polar surface area (TPSA) is 85.6 Å². The number of ether oxygens (including phenoxy) is 2. The lowest BCUT2D eigenvalue weighted by Crippen LogP contribution is -2.30. The van der Waals surface area contributed by atoms with Crippen molar-refractivity contribution in [1.29, 1.82) is 0 Å². The van der Waals surface area contributed by atoms with Crippen LogP contribution >= 0.6 is 24.0 Å². The normalized spacial score (nSPS) is 11.1. The Morgan fingerprint density at radius 1 is 1.12 bits per heavy atom. The lowest BCUT2D eigenvalue weighted by Gasteiger charge is -2.13. The maximum absolute atomic E-state index is 5.76. The molecule has 0 aliphatic carbocycles. The number of methoxy groups -OCH3 is 1. The molecule has 0 radical (unpaired) electrons. The summed E-state index contributed by atoms with van der Waals surface area (Å²) in [4.78, 5) is 8.84. The smallest absolute Gasteiger partial charge is 0.195 e. The molecule has 0 aliphatic heterocycles. The van der Waals surface area contributed by atoms with E-state index in [1.165, 1.54) is 0 Å². The Morgan fingerprint density at radius 3 is 2.62 bits per heavy atom. The van der Waals surface area contributed by atoms with Gasteiger partial charge in [-0.2, -0.15) is 5.10 Å². The van der Waals surface area contributed by atoms with Gasteiger partial charge in [0.05, 0.1) is 12.3 Å². The number of guanidine groups is 1. The molecule has 3 rings (SSSR count). The summed E-state index contributed by atoms with van der Waals surface area (Å²) in [6.07, 6.45) is 2.70. The molecule has 0 unspecified atom stereocenters. The number of pyridine rings is 1. The van der Waals surface area contributed by atoms with E-state index in [0.717, 1.165) is 40.6 Å². The molecule has 8 nitrogen and oxygen atoms in total. The highest BCUT2D eigenvalue weighted by molar-refractivity contribution is 14.0. The number of hydrogen-bond donors (Lipinski definition) is 2. The minimum absolute atomic E-state index is 0. The molecule has 9 heteroatoms. The number of nitrogens with zero attached hydrogens (tertiary/aromatic N) is 4. The van der Waals surface area contributed by atoms with E-state index < -0.39 is 0 Å². The molecule has 0 atom stereocenters. The van der Waals surface area contributed by atoms with Crippen molar-refractivity contribution in [2.45, 2.75) is 26.8 Å². The summed E-state index contributed by atoms with van der Waals surface area (Å²) in [5, 5.41) is 11.1. The summed E-state index contributed by atoms with van der Waals surface area (Å²) in [5.41, 5.74) is 3.98. The maximum Gasteiger partial charge on any atom is 0.195 e. The van der Waals surface area contributed by atoms with Gasteiger partial charge in [0.1, 0.15) is 5.75 Å². The molecule has 0 spiro atoms. The second-order valence-electron chi connectivity index (χ2n) is 7.14. The number of hydrogen-bond acceptors (Lipinski definition) is 5. The fourth-order valence-corrected chi connectivity index (χ4v) is 3.07. The fourth-order valence-electron chi connectivity index (χ4n) is 3.07. The van der Waals surface area contributed by atoms with Gasteiger partial charge in [0.2, 0.25) is 0 Å². The van der Waals surface area contributed by atoms with Gasteiger partial charge in [0.15, 0.2) is 11.8 Å². The monoisotopic (exact) mass is 550 g/mol. The molecule has 2 N–H and O–H groups in total. The highest BCUT2D eigenvalue weighted by Crippen LogP contribution is 2.17. The Labute approximate surface area is 206 Å². The zero-order valence-corrected chi connectivity index (χ0v) is 21.3. The van der Waals surface area contributed by atoms with Gasteiger partial charge in [-0.1, -0.05) is 12.1 Å². The van der Waals surface area contributed by atoms with Gasteiger partial charge in [-0.15, -0.1) is 24.0 Å². The number of benzene rings is 1. The van der Waals surface area contributed by atoms with Crippen LogP contribution in [0.5, 0.6) is 5.75 Å². The SMILES string of the molecule is CN=C(NCc1ccc(-n2nc(C)cc2C)nc1)Nc1cccc(OCCCOC)c1.I. The largest absolute Gasteiger partial charge is 0.493 e. The molecule has 0 aliphatic rings. The Balaban J connectivity index is 0.00000363. The third-order valence-electron chi connectivity index (χ3n) is 4.58. The van der Waals surface area contributed by atoms with Crippen molar-refractivity contribution in [3.8, 4) is 11.6 Å². The number of nitrogens with one attached hydrogen (secondary N) is 2. The van der Waals surface area contributed by atoms with Crippen molar-refractivity contribution in [3.63, 3.8) is 0 Å². The quantitative estimate of drug-likeness (QED) is 0.181. The summed E-state index contributed by atoms with van der Waals surface area (Å²) in [6.45, 7) is 5.89. The van der Waals surface area contributed by atoms with Gasteiger partial charge in [-0.25, -0.2) is 9.67 Å². The molecule has 32 heavy (non-hydrogen) atoms. The van der Waals surface area contributed by atoms with Crippen LogP contribution in [0.15, 0.2) is 53.7 Å². The summed E-state index contributed by atoms with van der Waals surface area (Å²) < 4.78 is 12.6. The van der Waals surface area contributed by atoms with Crippen molar-refractivity contribution < 1.29 is 9.47 Å². The minimum atomic E-state index is 0. The molecule has 1 aromatic carbocycles. The first-order chi connectivity index (χ1) is 15.1. The van der Waals surface area contributed by atoms with Crippen LogP contribution in [-0.2, 0) is 11.3 Å². The van der Waals surface area contributed by atoms with Crippen LogP contribution in [0, 0.1) is 13.8 Å². The number of aryl methyl sites for hydroxylation is 2. The van der Waals surface area contributed by atoms with E-state index in [9.17, 15) is 0 Å². The lowest BCUT2D eigenvalue weighted by atomic mass is 10.3. The van der Waals surface area contributed by atoms with Crippen LogP contribution in [-0.4, -0.2) is 48.1 Å². The third-order valence-corrected chi connectivity index (χ3v) is 4.58. The lowest BCUT2D eigenvalue weighted by molar-refractivity contribution is 0.172. The van der Waals surface area contributed by atoms with E-state index in [2.05, 4.69) is 25.7 Å². The number of aliphatic imine (C=N–C) groups is 1. The molecule has 0 saturated carbocycles. The van der Waals surface area contributed by atoms with Crippen molar-refractivity contribution >= 4 is 35.6 Å². The van der Waals surface area contributed by atoms with Gasteiger partial charge in [-0.3, -0.25) is 4.99 Å². The highest BCUT2D eigenvalue weighted by Gasteiger charge is 2.06. The van der Waals surface area contributed by atoms with E-state index in [1.54, 1.807) is 14.2 Å². The molecule has 172 valence electrons. The van der Waals surface area contributed by atoms with E-state index in [0.29, 0.717) is 25.7 Å². The van der Waals surface area contributed by atoms with Crippen molar-refractivity contribution in [1.82, 2.24) is 20.1 Å². The zero-order valence-electron chi connectivity index (χ0n) is 19.0. The fraction of sp³-hybridized carbons (Fsp3) is 0.348. The number of aromatic nitrogens is 3. The van der Waals surface area contributed by atoms with Gasteiger partial charge >= 0.3 is 0 Å². The van der Waals surface area contributed by atoms with Gasteiger partial charge in [0, 0.05) is 57.4 Å². The predicted molar refractivity (Wildman–Crippen MR) is 138 cm³/mol. The second kappa shape index (κ2) is 13.0. The van der Waals surface area contributed by atoms with E-state index in [4.69, 9.17) is 9.47 Å². The highest BCUT2D eigenvalue weighted by atomic mass is 127. The molecule has 0 amide bonds. The van der Waals surface area contributed by atoms with Crippen molar-refractivity contribution in [2.75, 3.05) is 32.7 Å². The standard InChI is InChI=1S/C23H30N6O2.HI/c1-17-13-18(2)29(28-17)22-10-9-19(15-25-22)16-26-23(24-3)27-20-7-5-8-21(14-20)31-12-6-11-30-4;/h5,7-10,13-15H,6,11-12,16H2,1-4H3,(H2,24,26,27);1H. The number of rotatable bonds is 9. The Hall–Kier alpha value is -2.66. The molecule has 0 fully saturated rings. The Kier molecular flexibility index (Phi) is 10.4. The summed E-state index contributed by atoms with van der Waals surface area (Å²) >= 11 is 0. The number of anilines is 1. The maximum atomic E-state index is 5.76. The van der Waals surface area contributed by atoms with Crippen LogP contribution < -0.4 is 15.4 Å². The van der Waals surface area contributed by atoms with Crippen LogP contribution in [0.1, 0.15) is 23.4 Å². The molecule has 2 heterocycles. The van der Waals surface area contributed by atoms with E-state index in [-0.39, 0.29) is 24.0 Å². The molecule has 2 aromatic heterocycles. The van der Waals surface area contributed by atoms with Gasteiger partial charge in [0.25, 0.3) is 0 Å². The van der Waals surface area contributed by atoms with Crippen molar-refractivity contribution in [2.24, 2.45) is 4.99 Å². The summed E-state index contributed by atoms with van der Waals surface area (Å²) in [6, 6.07) is 13.8. The minimum Gasteiger partial charge on any atom is -0.493 e. The van der Waals surface area contributed by atoms with Gasteiger partial charge in [-0.05, 0) is 43.7 Å². The molecular formula is C23H31IN6O2. The van der Waals surface area contributed by atoms with Crippen LogP contribution in [0.2, 0.25) is 0 Å². The molecular weight excluding hydrogens is 519 g/mol. The molecule has 0 bridgehead atoms. The van der Waals surface area contributed by atoms with E-state index in [1.807, 2.05) is 67.2 Å². The predicted octanol–water partition coefficient (Wildman–Crippen LogP) is 4.10. The first kappa shape index (κ1) is 25.6.